The number of aromatic amines is 1. The number of benzene rings is 4. The van der Waals surface area contributed by atoms with Crippen LogP contribution in [0.25, 0.3) is 21.8 Å². The minimum atomic E-state index is -3.51. The van der Waals surface area contributed by atoms with Crippen LogP contribution in [0, 0.1) is 0 Å². The fraction of sp³-hybridized carbons (Fsp3) is 0.200. The molecule has 39 heavy (non-hydrogen) atoms. The third-order valence-electron chi connectivity index (χ3n) is 6.50. The highest BCUT2D eigenvalue weighted by atomic mass is 35.5. The summed E-state index contributed by atoms with van der Waals surface area (Å²) in [5, 5.41) is 13.7. The molecule has 0 spiro atoms. The van der Waals surface area contributed by atoms with E-state index in [1.807, 2.05) is 54.6 Å². The standard InChI is InChI=1S/C30H30ClN3O4S/c1-39(36,37)33-29-17-22(11-14-26(29)31)30(35)20-34(19-21-7-3-2-4-8-21)15-16-38-23-12-13-25-24-9-5-6-10-27(24)32-28(25)18-23/h2-14,17-18,30,32-33,35H,15-16,19-20H2,1H3. The molecule has 0 amide bonds. The van der Waals surface area contributed by atoms with Gasteiger partial charge in [0.25, 0.3) is 0 Å². The Morgan fingerprint density at radius 1 is 0.949 bits per heavy atom. The summed E-state index contributed by atoms with van der Waals surface area (Å²) < 4.78 is 31.9. The van der Waals surface area contributed by atoms with E-state index in [4.69, 9.17) is 16.3 Å². The average Bonchev–Trinajstić information content (AvgIpc) is 3.27. The lowest BCUT2D eigenvalue weighted by Gasteiger charge is -2.26. The van der Waals surface area contributed by atoms with Crippen molar-refractivity contribution in [3.05, 3.63) is 107 Å². The van der Waals surface area contributed by atoms with Crippen molar-refractivity contribution in [3.63, 3.8) is 0 Å². The van der Waals surface area contributed by atoms with Crippen LogP contribution in [0.4, 0.5) is 5.69 Å². The third-order valence-corrected chi connectivity index (χ3v) is 7.42. The zero-order valence-electron chi connectivity index (χ0n) is 21.5. The summed E-state index contributed by atoms with van der Waals surface area (Å²) in [4.78, 5) is 5.55. The van der Waals surface area contributed by atoms with Gasteiger partial charge in [0.15, 0.2) is 0 Å². The van der Waals surface area contributed by atoms with Gasteiger partial charge in [-0.2, -0.15) is 0 Å². The molecular formula is C30H30ClN3O4S. The van der Waals surface area contributed by atoms with Crippen LogP contribution in [-0.2, 0) is 16.6 Å². The van der Waals surface area contributed by atoms with E-state index in [1.54, 1.807) is 18.2 Å². The quantitative estimate of drug-likeness (QED) is 0.184. The van der Waals surface area contributed by atoms with Gasteiger partial charge in [-0.05, 0) is 41.5 Å². The normalized spacial score (nSPS) is 12.7. The van der Waals surface area contributed by atoms with Crippen LogP contribution in [0.2, 0.25) is 5.02 Å². The SMILES string of the molecule is CS(=O)(=O)Nc1cc(C(O)CN(CCOc2ccc3c(c2)[nH]c2ccccc23)Cc2ccccc2)ccc1Cl. The zero-order valence-corrected chi connectivity index (χ0v) is 23.0. The van der Waals surface area contributed by atoms with Crippen LogP contribution in [0.5, 0.6) is 5.75 Å². The first-order valence-electron chi connectivity index (χ1n) is 12.6. The second-order valence-electron chi connectivity index (χ2n) is 9.58. The molecule has 0 saturated carbocycles. The van der Waals surface area contributed by atoms with Gasteiger partial charge in [-0.25, -0.2) is 8.42 Å². The molecule has 1 aromatic heterocycles. The van der Waals surface area contributed by atoms with Crippen molar-refractivity contribution in [2.24, 2.45) is 0 Å². The lowest BCUT2D eigenvalue weighted by Crippen LogP contribution is -2.32. The Morgan fingerprint density at radius 3 is 2.49 bits per heavy atom. The van der Waals surface area contributed by atoms with E-state index in [0.29, 0.717) is 31.8 Å². The molecule has 0 radical (unpaired) electrons. The van der Waals surface area contributed by atoms with Crippen molar-refractivity contribution in [2.75, 3.05) is 30.7 Å². The smallest absolute Gasteiger partial charge is 0.229 e. The van der Waals surface area contributed by atoms with Gasteiger partial charge >= 0.3 is 0 Å². The molecule has 202 valence electrons. The first kappa shape index (κ1) is 27.0. The van der Waals surface area contributed by atoms with Gasteiger partial charge in [0.05, 0.1) is 28.6 Å². The molecule has 9 heteroatoms. The number of halogens is 1. The second-order valence-corrected chi connectivity index (χ2v) is 11.7. The van der Waals surface area contributed by atoms with Crippen molar-refractivity contribution in [3.8, 4) is 5.75 Å². The molecule has 4 aromatic carbocycles. The van der Waals surface area contributed by atoms with Gasteiger partial charge in [0.2, 0.25) is 10.0 Å². The van der Waals surface area contributed by atoms with E-state index in [9.17, 15) is 13.5 Å². The summed E-state index contributed by atoms with van der Waals surface area (Å²) in [5.41, 5.74) is 4.02. The summed E-state index contributed by atoms with van der Waals surface area (Å²) in [6.45, 7) is 1.93. The lowest BCUT2D eigenvalue weighted by atomic mass is 10.1. The number of H-pyrrole nitrogens is 1. The molecule has 1 unspecified atom stereocenters. The Bertz CT molecular complexity index is 1690. The first-order chi connectivity index (χ1) is 18.7. The van der Waals surface area contributed by atoms with Gasteiger partial charge in [-0.1, -0.05) is 66.2 Å². The molecular weight excluding hydrogens is 534 g/mol. The van der Waals surface area contributed by atoms with Crippen LogP contribution in [-0.4, -0.2) is 49.4 Å². The lowest BCUT2D eigenvalue weighted by molar-refractivity contribution is 0.0986. The maximum absolute atomic E-state index is 11.7. The molecule has 3 N–H and O–H groups in total. The maximum atomic E-state index is 11.7. The van der Waals surface area contributed by atoms with Crippen molar-refractivity contribution in [2.45, 2.75) is 12.6 Å². The number of para-hydroxylation sites is 1. The first-order valence-corrected chi connectivity index (χ1v) is 14.9. The number of fused-ring (bicyclic) bond motifs is 3. The van der Waals surface area contributed by atoms with E-state index in [1.165, 1.54) is 5.39 Å². The molecule has 7 nitrogen and oxygen atoms in total. The van der Waals surface area contributed by atoms with Gasteiger partial charge in [0.1, 0.15) is 12.4 Å². The number of aliphatic hydroxyl groups is 1. The van der Waals surface area contributed by atoms with E-state index in [0.717, 1.165) is 34.0 Å². The van der Waals surface area contributed by atoms with Crippen molar-refractivity contribution >= 4 is 49.1 Å². The highest BCUT2D eigenvalue weighted by Crippen LogP contribution is 2.29. The molecule has 0 aliphatic heterocycles. The minimum Gasteiger partial charge on any atom is -0.492 e. The number of ether oxygens (including phenoxy) is 1. The summed E-state index contributed by atoms with van der Waals surface area (Å²) >= 11 is 6.17. The van der Waals surface area contributed by atoms with Gasteiger partial charge < -0.3 is 14.8 Å². The second kappa shape index (κ2) is 11.7. The molecule has 0 aliphatic carbocycles. The summed E-state index contributed by atoms with van der Waals surface area (Å²) in [6.07, 6.45) is 0.193. The van der Waals surface area contributed by atoms with Crippen molar-refractivity contribution in [1.29, 1.82) is 0 Å². The zero-order chi connectivity index (χ0) is 27.4. The monoisotopic (exact) mass is 563 g/mol. The van der Waals surface area contributed by atoms with E-state index < -0.39 is 16.1 Å². The molecule has 0 fully saturated rings. The highest BCUT2D eigenvalue weighted by Gasteiger charge is 2.17. The number of nitrogens with one attached hydrogen (secondary N) is 2. The van der Waals surface area contributed by atoms with E-state index in [2.05, 4.69) is 32.8 Å². The van der Waals surface area contributed by atoms with Crippen molar-refractivity contribution < 1.29 is 18.3 Å². The van der Waals surface area contributed by atoms with Crippen LogP contribution < -0.4 is 9.46 Å². The molecule has 0 aliphatic rings. The molecule has 0 saturated heterocycles. The number of hydrogen-bond acceptors (Lipinski definition) is 5. The fourth-order valence-electron chi connectivity index (χ4n) is 4.67. The van der Waals surface area contributed by atoms with Crippen LogP contribution >= 0.6 is 11.6 Å². The largest absolute Gasteiger partial charge is 0.492 e. The van der Waals surface area contributed by atoms with Crippen molar-refractivity contribution in [1.82, 2.24) is 9.88 Å². The topological polar surface area (TPSA) is 94.7 Å². The molecule has 1 atom stereocenters. The predicted molar refractivity (Wildman–Crippen MR) is 158 cm³/mol. The summed E-state index contributed by atoms with van der Waals surface area (Å²) in [6, 6.07) is 29.1. The molecule has 1 heterocycles. The number of hydrogen-bond donors (Lipinski definition) is 3. The molecule has 5 aromatic rings. The number of aromatic nitrogens is 1. The Morgan fingerprint density at radius 2 is 1.69 bits per heavy atom. The van der Waals surface area contributed by atoms with Crippen LogP contribution in [0.1, 0.15) is 17.2 Å². The Hall–Kier alpha value is -3.56. The third kappa shape index (κ3) is 6.91. The molecule has 5 rings (SSSR count). The number of anilines is 1. The maximum Gasteiger partial charge on any atom is 0.229 e. The summed E-state index contributed by atoms with van der Waals surface area (Å²) in [5.74, 6) is 0.767. The van der Waals surface area contributed by atoms with Crippen LogP contribution in [0.3, 0.4) is 0 Å². The average molecular weight is 564 g/mol. The predicted octanol–water partition coefficient (Wildman–Crippen LogP) is 5.96. The van der Waals surface area contributed by atoms with E-state index in [-0.39, 0.29) is 10.7 Å². The Kier molecular flexibility index (Phi) is 8.09. The van der Waals surface area contributed by atoms with Gasteiger partial charge in [0, 0.05) is 42.0 Å². The highest BCUT2D eigenvalue weighted by molar-refractivity contribution is 7.92. The number of aliphatic hydroxyl groups excluding tert-OH is 1. The van der Waals surface area contributed by atoms with Gasteiger partial charge in [-0.15, -0.1) is 0 Å². The minimum absolute atomic E-state index is 0.237. The van der Waals surface area contributed by atoms with Crippen LogP contribution in [0.15, 0.2) is 91.0 Å². The Balaban J connectivity index is 1.29. The van der Waals surface area contributed by atoms with Gasteiger partial charge in [-0.3, -0.25) is 9.62 Å². The molecule has 0 bridgehead atoms. The fourth-order valence-corrected chi connectivity index (χ4v) is 5.46. The Labute approximate surface area is 233 Å². The van der Waals surface area contributed by atoms with E-state index >= 15 is 0 Å². The number of sulfonamides is 1. The number of nitrogens with zero attached hydrogens (tertiary/aromatic N) is 1. The number of rotatable bonds is 11. The summed E-state index contributed by atoms with van der Waals surface area (Å²) in [7, 11) is -3.51.